The van der Waals surface area contributed by atoms with Crippen molar-refractivity contribution < 1.29 is 18.6 Å². The Morgan fingerprint density at radius 1 is 1.18 bits per heavy atom. The molecule has 1 aromatic carbocycles. The average Bonchev–Trinajstić information content (AvgIpc) is 3.60. The molecule has 3 heterocycles. The molecule has 10 heteroatoms. The lowest BCUT2D eigenvalue weighted by molar-refractivity contribution is -0.0134. The largest absolute Gasteiger partial charge is 0.474 e. The van der Waals surface area contributed by atoms with E-state index in [9.17, 15) is 4.39 Å². The topological polar surface area (TPSA) is 116 Å². The van der Waals surface area contributed by atoms with E-state index in [-0.39, 0.29) is 29.8 Å². The Hall–Kier alpha value is -3.11. The predicted octanol–water partition coefficient (Wildman–Crippen LogP) is 3.68. The van der Waals surface area contributed by atoms with E-state index in [1.165, 1.54) is 37.6 Å². The quantitative estimate of drug-likeness (QED) is 0.489. The number of morpholine rings is 1. The molecule has 1 aliphatic carbocycles. The molecular formula is C24H31FN6O3. The minimum atomic E-state index is -0.576. The van der Waals surface area contributed by atoms with Gasteiger partial charge in [0.05, 0.1) is 30.8 Å². The minimum Gasteiger partial charge on any atom is -0.474 e. The molecule has 9 nitrogen and oxygen atoms in total. The van der Waals surface area contributed by atoms with Crippen molar-refractivity contribution in [1.82, 2.24) is 15.3 Å². The summed E-state index contributed by atoms with van der Waals surface area (Å²) in [5, 5.41) is 3.53. The Kier molecular flexibility index (Phi) is 8.02. The number of hydrogen-bond donors (Lipinski definition) is 2. The van der Waals surface area contributed by atoms with E-state index in [0.717, 1.165) is 25.1 Å². The predicted molar refractivity (Wildman–Crippen MR) is 128 cm³/mol. The van der Waals surface area contributed by atoms with Crippen molar-refractivity contribution in [3.63, 3.8) is 0 Å². The summed E-state index contributed by atoms with van der Waals surface area (Å²) in [6.07, 6.45) is 8.34. The Bertz CT molecular complexity index is 1020. The number of ether oxygens (including phenoxy) is 3. The zero-order valence-corrected chi connectivity index (χ0v) is 19.5. The molecule has 2 unspecified atom stereocenters. The van der Waals surface area contributed by atoms with Crippen molar-refractivity contribution in [2.24, 2.45) is 21.6 Å². The second kappa shape index (κ2) is 11.3. The second-order valence-corrected chi connectivity index (χ2v) is 8.86. The molecule has 3 N–H and O–H groups in total. The lowest BCUT2D eigenvalue weighted by Gasteiger charge is -2.39. The van der Waals surface area contributed by atoms with E-state index in [1.54, 1.807) is 13.0 Å². The number of benzene rings is 1. The normalized spacial score (nSPS) is 24.0. The molecule has 1 saturated carbocycles. The molecule has 2 aliphatic heterocycles. The van der Waals surface area contributed by atoms with Crippen molar-refractivity contribution in [3.05, 3.63) is 35.9 Å². The summed E-state index contributed by atoms with van der Waals surface area (Å²) >= 11 is 0. The van der Waals surface area contributed by atoms with Gasteiger partial charge in [0.2, 0.25) is 11.8 Å². The lowest BCUT2D eigenvalue weighted by atomic mass is 9.95. The van der Waals surface area contributed by atoms with Crippen LogP contribution in [0.3, 0.4) is 0 Å². The van der Waals surface area contributed by atoms with Gasteiger partial charge in [-0.15, -0.1) is 0 Å². The molecule has 2 atom stereocenters. The van der Waals surface area contributed by atoms with E-state index in [4.69, 9.17) is 19.9 Å². The number of nitrogens with two attached hydrogens (primary N) is 1. The molecule has 0 radical (unpaired) electrons. The maximum Gasteiger partial charge on any atom is 0.229 e. The van der Waals surface area contributed by atoms with Gasteiger partial charge in [-0.25, -0.2) is 24.3 Å². The van der Waals surface area contributed by atoms with Crippen molar-refractivity contribution in [1.29, 1.82) is 0 Å². The fraction of sp³-hybridized carbons (Fsp3) is 0.500. The van der Waals surface area contributed by atoms with Crippen LogP contribution in [0.2, 0.25) is 0 Å². The summed E-state index contributed by atoms with van der Waals surface area (Å²) in [6, 6.07) is 4.88. The van der Waals surface area contributed by atoms with Gasteiger partial charge in [-0.1, -0.05) is 19.8 Å². The van der Waals surface area contributed by atoms with Crippen LogP contribution in [0, 0.1) is 18.7 Å². The van der Waals surface area contributed by atoms with Crippen LogP contribution < -0.4 is 20.5 Å². The number of nitrogens with one attached hydrogen (secondary N) is 1. The number of halogens is 1. The molecule has 0 spiro atoms. The van der Waals surface area contributed by atoms with Gasteiger partial charge in [0.1, 0.15) is 18.8 Å². The molecule has 0 amide bonds. The summed E-state index contributed by atoms with van der Waals surface area (Å²) in [4.78, 5) is 16.0. The highest BCUT2D eigenvalue weighted by atomic mass is 19.1. The SMILES string of the molecule is CC1CC1.Cc1c(Oc2ccc(N=CN=CN)cc2F)ncnc1OC1CC2COCC(C1)N2. The third-order valence-electron chi connectivity index (χ3n) is 5.82. The Morgan fingerprint density at radius 2 is 1.88 bits per heavy atom. The molecule has 3 fully saturated rings. The summed E-state index contributed by atoms with van der Waals surface area (Å²) in [5.74, 6) is 1.21. The van der Waals surface area contributed by atoms with E-state index < -0.39 is 5.82 Å². The van der Waals surface area contributed by atoms with E-state index in [2.05, 4.69) is 32.2 Å². The zero-order chi connectivity index (χ0) is 23.9. The third kappa shape index (κ3) is 6.71. The van der Waals surface area contributed by atoms with Crippen LogP contribution in [0.15, 0.2) is 34.5 Å². The first kappa shape index (κ1) is 24.0. The number of aromatic nitrogens is 2. The van der Waals surface area contributed by atoms with Crippen molar-refractivity contribution in [3.8, 4) is 17.5 Å². The summed E-state index contributed by atoms with van der Waals surface area (Å²) < 4.78 is 31.8. The summed E-state index contributed by atoms with van der Waals surface area (Å²) in [6.45, 7) is 5.44. The maximum atomic E-state index is 14.4. The summed E-state index contributed by atoms with van der Waals surface area (Å²) in [7, 11) is 0. The van der Waals surface area contributed by atoms with Gasteiger partial charge in [-0.05, 0) is 25.0 Å². The van der Waals surface area contributed by atoms with Crippen molar-refractivity contribution >= 4 is 18.4 Å². The lowest BCUT2D eigenvalue weighted by Crippen LogP contribution is -2.56. The first-order valence-electron chi connectivity index (χ1n) is 11.6. The molecule has 3 aliphatic rings. The van der Waals surface area contributed by atoms with Crippen LogP contribution in [-0.2, 0) is 4.74 Å². The smallest absolute Gasteiger partial charge is 0.229 e. The van der Waals surface area contributed by atoms with E-state index in [1.807, 2.05) is 0 Å². The van der Waals surface area contributed by atoms with Crippen molar-refractivity contribution in [2.75, 3.05) is 13.2 Å². The molecule has 5 rings (SSSR count). The number of rotatable bonds is 6. The van der Waals surface area contributed by atoms with Crippen LogP contribution in [0.5, 0.6) is 17.5 Å². The van der Waals surface area contributed by atoms with Gasteiger partial charge in [0, 0.05) is 31.0 Å². The van der Waals surface area contributed by atoms with Gasteiger partial charge >= 0.3 is 0 Å². The molecule has 34 heavy (non-hydrogen) atoms. The highest BCUT2D eigenvalue weighted by molar-refractivity contribution is 5.72. The zero-order valence-electron chi connectivity index (χ0n) is 19.5. The van der Waals surface area contributed by atoms with Crippen LogP contribution >= 0.6 is 0 Å². The number of fused-ring (bicyclic) bond motifs is 2. The number of piperidine rings is 1. The molecule has 182 valence electrons. The van der Waals surface area contributed by atoms with E-state index in [0.29, 0.717) is 30.3 Å². The first-order chi connectivity index (χ1) is 16.5. The van der Waals surface area contributed by atoms with Gasteiger partial charge in [0.15, 0.2) is 11.6 Å². The van der Waals surface area contributed by atoms with Gasteiger partial charge < -0.3 is 25.3 Å². The highest BCUT2D eigenvalue weighted by Gasteiger charge is 2.33. The Morgan fingerprint density at radius 3 is 2.53 bits per heavy atom. The highest BCUT2D eigenvalue weighted by Crippen LogP contribution is 2.32. The molecule has 2 bridgehead atoms. The first-order valence-corrected chi connectivity index (χ1v) is 11.6. The fourth-order valence-electron chi connectivity index (χ4n) is 3.74. The van der Waals surface area contributed by atoms with E-state index >= 15 is 0 Å². The Balaban J connectivity index is 0.000000620. The van der Waals surface area contributed by atoms with Gasteiger partial charge in [-0.3, -0.25) is 0 Å². The van der Waals surface area contributed by atoms with Gasteiger partial charge in [0.25, 0.3) is 0 Å². The number of hydrogen-bond acceptors (Lipinski definition) is 7. The van der Waals surface area contributed by atoms with Crippen LogP contribution in [0.25, 0.3) is 0 Å². The molecular weight excluding hydrogens is 439 g/mol. The second-order valence-electron chi connectivity index (χ2n) is 8.86. The minimum absolute atomic E-state index is 0.0247. The molecule has 1 aromatic heterocycles. The Labute approximate surface area is 198 Å². The van der Waals surface area contributed by atoms with Crippen LogP contribution in [0.4, 0.5) is 10.1 Å². The standard InChI is InChI=1S/C20H23FN6O3.C4H8/c1-12-19(29-16-4-14-7-28-8-15(5-16)27-14)25-11-26-20(12)30-18-3-2-13(6-17(18)21)24-10-23-9-22;1-4-2-3-4/h2-3,6,9-11,14-16,27H,4-5,7-8H2,1H3,(H2,22,23,24);4H,2-3H2,1H3. The maximum absolute atomic E-state index is 14.4. The third-order valence-corrected chi connectivity index (χ3v) is 5.82. The van der Waals surface area contributed by atoms with Crippen molar-refractivity contribution in [2.45, 2.75) is 57.7 Å². The van der Waals surface area contributed by atoms with Gasteiger partial charge in [-0.2, -0.15) is 0 Å². The number of aliphatic imine (C=N–C) groups is 2. The average molecular weight is 471 g/mol. The summed E-state index contributed by atoms with van der Waals surface area (Å²) in [5.41, 5.74) is 6.12. The number of nitrogens with zero attached hydrogens (tertiary/aromatic N) is 4. The molecule has 2 saturated heterocycles. The van der Waals surface area contributed by atoms with Crippen LogP contribution in [-0.4, -0.2) is 54.0 Å². The fourth-order valence-corrected chi connectivity index (χ4v) is 3.74. The molecule has 2 aromatic rings. The monoisotopic (exact) mass is 470 g/mol. The van der Waals surface area contributed by atoms with Crippen LogP contribution in [0.1, 0.15) is 38.2 Å².